The van der Waals surface area contributed by atoms with E-state index in [1.165, 1.54) is 30.5 Å². The number of fused-ring (bicyclic) bond motifs is 1. The predicted molar refractivity (Wildman–Crippen MR) is 87.7 cm³/mol. The highest BCUT2D eigenvalue weighted by atomic mass is 16.6. The molecular weight excluding hydrogens is 312 g/mol. The van der Waals surface area contributed by atoms with E-state index in [0.29, 0.717) is 16.5 Å². The van der Waals surface area contributed by atoms with Gasteiger partial charge in [0.1, 0.15) is 6.54 Å². The van der Waals surface area contributed by atoms with Gasteiger partial charge in [0, 0.05) is 23.2 Å². The molecule has 0 atom stereocenters. The van der Waals surface area contributed by atoms with E-state index in [-0.39, 0.29) is 17.8 Å². The minimum absolute atomic E-state index is 0.0691. The van der Waals surface area contributed by atoms with Gasteiger partial charge in [0.25, 0.3) is 11.2 Å². The van der Waals surface area contributed by atoms with Crippen LogP contribution in [-0.2, 0) is 11.3 Å². The molecule has 0 radical (unpaired) electrons. The number of aromatic nitrogens is 2. The summed E-state index contributed by atoms with van der Waals surface area (Å²) in [6.07, 6.45) is 1.52. The fourth-order valence-corrected chi connectivity index (χ4v) is 2.24. The third-order valence-corrected chi connectivity index (χ3v) is 3.42. The Labute approximate surface area is 135 Å². The molecule has 0 fully saturated rings. The molecule has 3 rings (SSSR count). The van der Waals surface area contributed by atoms with E-state index in [1.54, 1.807) is 24.3 Å². The predicted octanol–water partition coefficient (Wildman–Crippen LogP) is 1.94. The average Bonchev–Trinajstić information content (AvgIpc) is 2.58. The lowest BCUT2D eigenvalue weighted by Crippen LogP contribution is -2.29. The van der Waals surface area contributed by atoms with E-state index in [2.05, 4.69) is 10.4 Å². The molecule has 0 aliphatic rings. The number of benzene rings is 2. The third-order valence-electron chi connectivity index (χ3n) is 3.42. The summed E-state index contributed by atoms with van der Waals surface area (Å²) in [6, 6.07) is 12.4. The molecule has 0 saturated heterocycles. The quantitative estimate of drug-likeness (QED) is 0.583. The number of nitrogens with one attached hydrogen (secondary N) is 1. The summed E-state index contributed by atoms with van der Waals surface area (Å²) in [4.78, 5) is 34.4. The summed E-state index contributed by atoms with van der Waals surface area (Å²) in [5.41, 5.74) is -0.0215. The van der Waals surface area contributed by atoms with Crippen LogP contribution in [-0.4, -0.2) is 20.6 Å². The van der Waals surface area contributed by atoms with Crippen LogP contribution >= 0.6 is 0 Å². The minimum Gasteiger partial charge on any atom is -0.324 e. The van der Waals surface area contributed by atoms with Crippen molar-refractivity contribution in [1.82, 2.24) is 9.78 Å². The van der Waals surface area contributed by atoms with Crippen molar-refractivity contribution in [3.8, 4) is 0 Å². The zero-order valence-corrected chi connectivity index (χ0v) is 12.4. The lowest BCUT2D eigenvalue weighted by molar-refractivity contribution is -0.384. The van der Waals surface area contributed by atoms with Crippen LogP contribution < -0.4 is 10.9 Å². The molecule has 0 spiro atoms. The Morgan fingerprint density at radius 1 is 1.17 bits per heavy atom. The lowest BCUT2D eigenvalue weighted by Gasteiger charge is -2.07. The van der Waals surface area contributed by atoms with E-state index < -0.39 is 10.8 Å². The molecule has 1 N–H and O–H groups in total. The maximum atomic E-state index is 12.3. The summed E-state index contributed by atoms with van der Waals surface area (Å²) in [5.74, 6) is -0.450. The van der Waals surface area contributed by atoms with Crippen LogP contribution in [0, 0.1) is 10.1 Å². The monoisotopic (exact) mass is 324 g/mol. The topological polar surface area (TPSA) is 107 Å². The van der Waals surface area contributed by atoms with E-state index in [9.17, 15) is 19.7 Å². The molecule has 0 aliphatic heterocycles. The Balaban J connectivity index is 1.76. The van der Waals surface area contributed by atoms with Crippen LogP contribution in [0.3, 0.4) is 0 Å². The van der Waals surface area contributed by atoms with E-state index in [4.69, 9.17) is 0 Å². The molecule has 8 heteroatoms. The Bertz CT molecular complexity index is 979. The SMILES string of the molecule is O=C(Cn1ncc2ccccc2c1=O)Nc1ccc([N+](=O)[O-])cc1. The van der Waals surface area contributed by atoms with Gasteiger partial charge in [-0.05, 0) is 18.2 Å². The molecule has 2 aromatic carbocycles. The normalized spacial score (nSPS) is 10.5. The molecule has 0 bridgehead atoms. The van der Waals surface area contributed by atoms with Gasteiger partial charge in [-0.25, -0.2) is 4.68 Å². The van der Waals surface area contributed by atoms with Crippen molar-refractivity contribution in [1.29, 1.82) is 0 Å². The molecule has 120 valence electrons. The molecule has 0 saturated carbocycles. The van der Waals surface area contributed by atoms with Crippen LogP contribution in [0.5, 0.6) is 0 Å². The summed E-state index contributed by atoms with van der Waals surface area (Å²) in [5, 5.41) is 18.3. The number of rotatable bonds is 4. The van der Waals surface area contributed by atoms with Crippen molar-refractivity contribution in [2.24, 2.45) is 0 Å². The van der Waals surface area contributed by atoms with E-state index in [1.807, 2.05) is 0 Å². The Morgan fingerprint density at radius 3 is 2.58 bits per heavy atom. The number of amides is 1. The highest BCUT2D eigenvalue weighted by Crippen LogP contribution is 2.15. The minimum atomic E-state index is -0.524. The van der Waals surface area contributed by atoms with Gasteiger partial charge in [0.05, 0.1) is 16.5 Å². The number of anilines is 1. The zero-order chi connectivity index (χ0) is 17.1. The van der Waals surface area contributed by atoms with Gasteiger partial charge in [-0.3, -0.25) is 19.7 Å². The third kappa shape index (κ3) is 3.12. The number of nitrogens with zero attached hydrogens (tertiary/aromatic N) is 3. The summed E-state index contributed by atoms with van der Waals surface area (Å²) in [7, 11) is 0. The van der Waals surface area contributed by atoms with Gasteiger partial charge in [-0.15, -0.1) is 0 Å². The largest absolute Gasteiger partial charge is 0.324 e. The number of carbonyl (C=O) groups is 1. The number of nitro groups is 1. The molecule has 0 aliphatic carbocycles. The van der Waals surface area contributed by atoms with Gasteiger partial charge in [-0.1, -0.05) is 18.2 Å². The zero-order valence-electron chi connectivity index (χ0n) is 12.4. The van der Waals surface area contributed by atoms with Crippen LogP contribution in [0.25, 0.3) is 10.8 Å². The molecule has 24 heavy (non-hydrogen) atoms. The number of nitro benzene ring substituents is 1. The van der Waals surface area contributed by atoms with Gasteiger partial charge in [0.2, 0.25) is 5.91 Å². The highest BCUT2D eigenvalue weighted by molar-refractivity contribution is 5.90. The average molecular weight is 324 g/mol. The van der Waals surface area contributed by atoms with Crippen LogP contribution in [0.2, 0.25) is 0 Å². The first kappa shape index (κ1) is 15.3. The van der Waals surface area contributed by atoms with Crippen molar-refractivity contribution >= 4 is 28.1 Å². The van der Waals surface area contributed by atoms with Crippen LogP contribution in [0.4, 0.5) is 11.4 Å². The smallest absolute Gasteiger partial charge is 0.275 e. The highest BCUT2D eigenvalue weighted by Gasteiger charge is 2.10. The number of non-ortho nitro benzene ring substituents is 1. The Hall–Kier alpha value is -3.55. The van der Waals surface area contributed by atoms with Gasteiger partial charge < -0.3 is 5.32 Å². The van der Waals surface area contributed by atoms with Gasteiger partial charge in [0.15, 0.2) is 0 Å². The lowest BCUT2D eigenvalue weighted by atomic mass is 10.2. The Morgan fingerprint density at radius 2 is 1.88 bits per heavy atom. The van der Waals surface area contributed by atoms with Crippen molar-refractivity contribution in [2.45, 2.75) is 6.54 Å². The molecule has 1 heterocycles. The maximum absolute atomic E-state index is 12.3. The summed E-state index contributed by atoms with van der Waals surface area (Å²) >= 11 is 0. The number of hydrogen-bond acceptors (Lipinski definition) is 5. The second-order valence-electron chi connectivity index (χ2n) is 5.05. The first-order valence-corrected chi connectivity index (χ1v) is 7.04. The molecule has 0 unspecified atom stereocenters. The van der Waals surface area contributed by atoms with Crippen LogP contribution in [0.15, 0.2) is 59.5 Å². The molecule has 8 nitrogen and oxygen atoms in total. The fourth-order valence-electron chi connectivity index (χ4n) is 2.24. The van der Waals surface area contributed by atoms with E-state index in [0.717, 1.165) is 4.68 Å². The summed E-state index contributed by atoms with van der Waals surface area (Å²) < 4.78 is 1.07. The number of hydrogen-bond donors (Lipinski definition) is 1. The summed E-state index contributed by atoms with van der Waals surface area (Å²) in [6.45, 7) is -0.249. The second kappa shape index (κ2) is 6.29. The van der Waals surface area contributed by atoms with Gasteiger partial charge in [-0.2, -0.15) is 5.10 Å². The van der Waals surface area contributed by atoms with E-state index >= 15 is 0 Å². The van der Waals surface area contributed by atoms with Crippen molar-refractivity contribution in [3.05, 3.63) is 75.2 Å². The maximum Gasteiger partial charge on any atom is 0.275 e. The van der Waals surface area contributed by atoms with Gasteiger partial charge >= 0.3 is 0 Å². The molecular formula is C16H12N4O4. The molecule has 1 amide bonds. The standard InChI is InChI=1S/C16H12N4O4/c21-15(18-12-5-7-13(8-6-12)20(23)24)10-19-16(22)14-4-2-1-3-11(14)9-17-19/h1-9H,10H2,(H,18,21). The first-order chi connectivity index (χ1) is 11.5. The van der Waals surface area contributed by atoms with Crippen molar-refractivity contribution in [2.75, 3.05) is 5.32 Å². The van der Waals surface area contributed by atoms with Crippen LogP contribution in [0.1, 0.15) is 0 Å². The fraction of sp³-hybridized carbons (Fsp3) is 0.0625. The first-order valence-electron chi connectivity index (χ1n) is 7.04. The molecule has 3 aromatic rings. The Kier molecular flexibility index (Phi) is 4.02. The molecule has 1 aromatic heterocycles. The second-order valence-corrected chi connectivity index (χ2v) is 5.05. The number of carbonyl (C=O) groups excluding carboxylic acids is 1. The van der Waals surface area contributed by atoms with Crippen molar-refractivity contribution < 1.29 is 9.72 Å². The van der Waals surface area contributed by atoms with Crippen molar-refractivity contribution in [3.63, 3.8) is 0 Å².